The van der Waals surface area contributed by atoms with Gasteiger partial charge in [-0.2, -0.15) is 5.10 Å². The summed E-state index contributed by atoms with van der Waals surface area (Å²) in [6, 6.07) is 5.91. The Balaban J connectivity index is 1.34. The maximum atomic E-state index is 5.40. The maximum absolute atomic E-state index is 5.40. The molecule has 0 unspecified atom stereocenters. The van der Waals surface area contributed by atoms with Gasteiger partial charge in [-0.25, -0.2) is 0 Å². The van der Waals surface area contributed by atoms with Crippen molar-refractivity contribution in [1.82, 2.24) is 10.7 Å². The Morgan fingerprint density at radius 2 is 2.08 bits per heavy atom. The van der Waals surface area contributed by atoms with Crippen LogP contribution in [0.1, 0.15) is 45.6 Å². The number of benzene rings is 1. The largest absolute Gasteiger partial charge is 0.454 e. The van der Waals surface area contributed by atoms with Crippen molar-refractivity contribution in [2.24, 2.45) is 21.8 Å². The zero-order valence-corrected chi connectivity index (χ0v) is 15.8. The van der Waals surface area contributed by atoms with Gasteiger partial charge in [-0.15, -0.1) is 0 Å². The molecule has 2 bridgehead atoms. The number of ether oxygens (including phenoxy) is 2. The molecule has 3 aliphatic rings. The van der Waals surface area contributed by atoms with Gasteiger partial charge in [0, 0.05) is 17.7 Å². The number of hydrogen-bond donors (Lipinski definition) is 2. The van der Waals surface area contributed by atoms with Gasteiger partial charge in [0.1, 0.15) is 0 Å². The van der Waals surface area contributed by atoms with Crippen LogP contribution in [0.15, 0.2) is 23.3 Å². The summed E-state index contributed by atoms with van der Waals surface area (Å²) >= 11 is 5.38. The third-order valence-corrected chi connectivity index (χ3v) is 6.93. The van der Waals surface area contributed by atoms with Crippen LogP contribution < -0.4 is 20.2 Å². The average molecular weight is 359 g/mol. The van der Waals surface area contributed by atoms with Crippen LogP contribution in [0.3, 0.4) is 0 Å². The van der Waals surface area contributed by atoms with E-state index in [1.807, 2.05) is 18.2 Å². The first-order valence-corrected chi connectivity index (χ1v) is 9.30. The minimum absolute atomic E-state index is 0.192. The fraction of sp³-hybridized carbons (Fsp3) is 0.579. The minimum atomic E-state index is 0.192. The van der Waals surface area contributed by atoms with E-state index in [0.29, 0.717) is 23.9 Å². The first-order valence-electron chi connectivity index (χ1n) is 8.89. The van der Waals surface area contributed by atoms with Crippen molar-refractivity contribution in [1.29, 1.82) is 0 Å². The van der Waals surface area contributed by atoms with Crippen LogP contribution >= 0.6 is 12.2 Å². The van der Waals surface area contributed by atoms with E-state index in [1.54, 1.807) is 0 Å². The smallest absolute Gasteiger partial charge is 0.231 e. The second-order valence-electron chi connectivity index (χ2n) is 8.03. The number of rotatable bonds is 3. The maximum Gasteiger partial charge on any atom is 0.231 e. The van der Waals surface area contributed by atoms with Crippen molar-refractivity contribution in [2.75, 3.05) is 6.79 Å². The molecule has 5 nitrogen and oxygen atoms in total. The van der Waals surface area contributed by atoms with Crippen LogP contribution in [0.25, 0.3) is 0 Å². The molecule has 1 aromatic rings. The van der Waals surface area contributed by atoms with Gasteiger partial charge in [0.05, 0.1) is 0 Å². The summed E-state index contributed by atoms with van der Waals surface area (Å²) in [6.07, 6.45) is 3.62. The molecular formula is C19H25N3O2S. The molecule has 2 aliphatic carbocycles. The van der Waals surface area contributed by atoms with Gasteiger partial charge in [-0.1, -0.05) is 26.8 Å². The van der Waals surface area contributed by atoms with Crippen LogP contribution in [0.4, 0.5) is 0 Å². The van der Waals surface area contributed by atoms with Crippen LogP contribution in [0.5, 0.6) is 11.5 Å². The lowest BCUT2D eigenvalue weighted by molar-refractivity contribution is 0.174. The van der Waals surface area contributed by atoms with Crippen molar-refractivity contribution < 1.29 is 9.47 Å². The molecule has 1 aromatic carbocycles. The number of nitrogens with zero attached hydrogens (tertiary/aromatic N) is 1. The van der Waals surface area contributed by atoms with Gasteiger partial charge in [-0.3, -0.25) is 5.43 Å². The highest BCUT2D eigenvalue weighted by Gasteiger charge is 2.59. The Kier molecular flexibility index (Phi) is 3.90. The predicted molar refractivity (Wildman–Crippen MR) is 102 cm³/mol. The first kappa shape index (κ1) is 16.6. The highest BCUT2D eigenvalue weighted by molar-refractivity contribution is 7.80. The number of thiocarbonyl (C=S) groups is 1. The average Bonchev–Trinajstić information content (AvgIpc) is 3.19. The Labute approximate surface area is 154 Å². The van der Waals surface area contributed by atoms with E-state index in [0.717, 1.165) is 29.4 Å². The lowest BCUT2D eigenvalue weighted by atomic mass is 9.70. The summed E-state index contributed by atoms with van der Waals surface area (Å²) in [5.41, 5.74) is 5.92. The van der Waals surface area contributed by atoms with Crippen molar-refractivity contribution in [3.8, 4) is 11.5 Å². The number of hydrogen-bond acceptors (Lipinski definition) is 4. The van der Waals surface area contributed by atoms with Crippen molar-refractivity contribution in [3.05, 3.63) is 23.8 Å². The molecule has 0 amide bonds. The van der Waals surface area contributed by atoms with Crippen LogP contribution in [0, 0.1) is 16.7 Å². The predicted octanol–water partition coefficient (Wildman–Crippen LogP) is 3.58. The SMILES string of the molecule is CC1(C)[C@H]2CC[C@]1(C)/C(=N/NC(=S)NCc1ccc3c(c1)OCO3)C2. The normalized spacial score (nSPS) is 29.9. The highest BCUT2D eigenvalue weighted by atomic mass is 32.1. The van der Waals surface area contributed by atoms with Gasteiger partial charge in [0.15, 0.2) is 16.6 Å². The van der Waals surface area contributed by atoms with E-state index in [-0.39, 0.29) is 5.41 Å². The molecule has 0 aromatic heterocycles. The molecule has 2 fully saturated rings. The first-order chi connectivity index (χ1) is 11.9. The molecule has 0 radical (unpaired) electrons. The van der Waals surface area contributed by atoms with Crippen LogP contribution in [-0.4, -0.2) is 17.6 Å². The molecule has 0 saturated heterocycles. The van der Waals surface area contributed by atoms with E-state index < -0.39 is 0 Å². The molecule has 2 N–H and O–H groups in total. The molecule has 6 heteroatoms. The van der Waals surface area contributed by atoms with Crippen molar-refractivity contribution in [2.45, 2.75) is 46.6 Å². The van der Waals surface area contributed by atoms with E-state index in [9.17, 15) is 0 Å². The molecule has 2 saturated carbocycles. The summed E-state index contributed by atoms with van der Waals surface area (Å²) < 4.78 is 10.7. The standard InChI is InChI=1S/C19H25N3O2S/c1-18(2)13-6-7-19(18,3)16(9-13)21-22-17(25)20-10-12-4-5-14-15(8-12)24-11-23-14/h4-5,8,13H,6-7,9-11H2,1-3H3,(H2,20,22,25)/b21-16+/t13-,19+/m0/s1. The van der Waals surface area contributed by atoms with E-state index in [1.165, 1.54) is 18.6 Å². The summed E-state index contributed by atoms with van der Waals surface area (Å²) in [7, 11) is 0. The second-order valence-corrected chi connectivity index (χ2v) is 8.44. The monoisotopic (exact) mass is 359 g/mol. The molecule has 25 heavy (non-hydrogen) atoms. The van der Waals surface area contributed by atoms with Crippen LogP contribution in [0.2, 0.25) is 0 Å². The van der Waals surface area contributed by atoms with Crippen molar-refractivity contribution >= 4 is 23.0 Å². The Morgan fingerprint density at radius 1 is 1.28 bits per heavy atom. The zero-order chi connectivity index (χ0) is 17.7. The number of nitrogens with one attached hydrogen (secondary N) is 2. The molecule has 1 heterocycles. The third kappa shape index (κ3) is 2.67. The highest BCUT2D eigenvalue weighted by Crippen LogP contribution is 2.63. The Hall–Kier alpha value is -1.82. The fourth-order valence-corrected chi connectivity index (χ4v) is 4.61. The third-order valence-electron chi connectivity index (χ3n) is 6.69. The van der Waals surface area contributed by atoms with E-state index >= 15 is 0 Å². The summed E-state index contributed by atoms with van der Waals surface area (Å²) in [4.78, 5) is 0. The summed E-state index contributed by atoms with van der Waals surface area (Å²) in [5, 5.41) is 8.42. The van der Waals surface area contributed by atoms with E-state index in [2.05, 4.69) is 36.6 Å². The van der Waals surface area contributed by atoms with Gasteiger partial charge < -0.3 is 14.8 Å². The molecular weight excluding hydrogens is 334 g/mol. The second kappa shape index (κ2) is 5.87. The van der Waals surface area contributed by atoms with Crippen LogP contribution in [-0.2, 0) is 6.54 Å². The number of fused-ring (bicyclic) bond motifs is 3. The van der Waals surface area contributed by atoms with E-state index in [4.69, 9.17) is 21.7 Å². The minimum Gasteiger partial charge on any atom is -0.454 e. The summed E-state index contributed by atoms with van der Waals surface area (Å²) in [6.45, 7) is 8.02. The molecule has 1 aliphatic heterocycles. The number of hydrazone groups is 1. The molecule has 2 atom stereocenters. The lowest BCUT2D eigenvalue weighted by Crippen LogP contribution is -2.36. The fourth-order valence-electron chi connectivity index (χ4n) is 4.49. The topological polar surface area (TPSA) is 54.9 Å². The lowest BCUT2D eigenvalue weighted by Gasteiger charge is -2.34. The Morgan fingerprint density at radius 3 is 2.80 bits per heavy atom. The molecule has 0 spiro atoms. The quantitative estimate of drug-likeness (QED) is 0.638. The Bertz CT molecular complexity index is 746. The van der Waals surface area contributed by atoms with Gasteiger partial charge >= 0.3 is 0 Å². The zero-order valence-electron chi connectivity index (χ0n) is 15.0. The van der Waals surface area contributed by atoms with Gasteiger partial charge in [0.25, 0.3) is 0 Å². The molecule has 134 valence electrons. The van der Waals surface area contributed by atoms with Gasteiger partial charge in [0.2, 0.25) is 6.79 Å². The van der Waals surface area contributed by atoms with Gasteiger partial charge in [-0.05, 0) is 60.5 Å². The molecule has 4 rings (SSSR count). The van der Waals surface area contributed by atoms with Crippen molar-refractivity contribution in [3.63, 3.8) is 0 Å². The summed E-state index contributed by atoms with van der Waals surface area (Å²) in [5.74, 6) is 2.33.